The Morgan fingerprint density at radius 1 is 1.20 bits per heavy atom. The maximum atomic E-state index is 5.96. The van der Waals surface area contributed by atoms with Gasteiger partial charge in [0.15, 0.2) is 0 Å². The molecule has 0 saturated heterocycles. The lowest BCUT2D eigenvalue weighted by molar-refractivity contribution is 0.698. The third kappa shape index (κ3) is 4.27. The standard InChI is InChI=1S/C13H21NS/c1-3-5-10-15-12-8-6-11(7-9-12)13(14)4-2/h6-9,13H,3-5,10,14H2,1-2H3/t13-/m1/s1. The van der Waals surface area contributed by atoms with E-state index in [0.717, 1.165) is 6.42 Å². The summed E-state index contributed by atoms with van der Waals surface area (Å²) in [5.74, 6) is 1.22. The van der Waals surface area contributed by atoms with E-state index in [4.69, 9.17) is 5.73 Å². The Balaban J connectivity index is 2.49. The van der Waals surface area contributed by atoms with Crippen molar-refractivity contribution in [3.05, 3.63) is 29.8 Å². The van der Waals surface area contributed by atoms with Gasteiger partial charge in [0.2, 0.25) is 0 Å². The van der Waals surface area contributed by atoms with Crippen molar-refractivity contribution < 1.29 is 0 Å². The van der Waals surface area contributed by atoms with Gasteiger partial charge in [-0.15, -0.1) is 11.8 Å². The summed E-state index contributed by atoms with van der Waals surface area (Å²) in [4.78, 5) is 1.36. The molecule has 0 amide bonds. The third-order valence-electron chi connectivity index (χ3n) is 2.51. The van der Waals surface area contributed by atoms with E-state index in [1.54, 1.807) is 0 Å². The van der Waals surface area contributed by atoms with Crippen molar-refractivity contribution in [1.29, 1.82) is 0 Å². The predicted octanol–water partition coefficient (Wildman–Crippen LogP) is 3.99. The highest BCUT2D eigenvalue weighted by Gasteiger charge is 2.02. The molecule has 0 saturated carbocycles. The minimum atomic E-state index is 0.194. The van der Waals surface area contributed by atoms with Crippen LogP contribution in [0.1, 0.15) is 44.7 Å². The molecule has 0 unspecified atom stereocenters. The van der Waals surface area contributed by atoms with Crippen molar-refractivity contribution >= 4 is 11.8 Å². The summed E-state index contributed by atoms with van der Waals surface area (Å²) < 4.78 is 0. The van der Waals surface area contributed by atoms with Gasteiger partial charge < -0.3 is 5.73 Å². The number of nitrogens with two attached hydrogens (primary N) is 1. The fourth-order valence-corrected chi connectivity index (χ4v) is 2.38. The molecule has 1 atom stereocenters. The van der Waals surface area contributed by atoms with Crippen LogP contribution in [0, 0.1) is 0 Å². The number of hydrogen-bond acceptors (Lipinski definition) is 2. The van der Waals surface area contributed by atoms with Gasteiger partial charge in [0, 0.05) is 10.9 Å². The molecule has 0 bridgehead atoms. The first-order valence-electron chi connectivity index (χ1n) is 5.76. The minimum absolute atomic E-state index is 0.194. The Hall–Kier alpha value is -0.470. The Morgan fingerprint density at radius 3 is 2.40 bits per heavy atom. The summed E-state index contributed by atoms with van der Waals surface area (Å²) in [6.07, 6.45) is 3.56. The lowest BCUT2D eigenvalue weighted by atomic mass is 10.1. The minimum Gasteiger partial charge on any atom is -0.324 e. The summed E-state index contributed by atoms with van der Waals surface area (Å²) in [6, 6.07) is 8.88. The molecule has 0 aromatic heterocycles. The molecule has 0 aliphatic heterocycles. The molecule has 0 radical (unpaired) electrons. The molecule has 1 aromatic carbocycles. The van der Waals surface area contributed by atoms with E-state index in [0.29, 0.717) is 0 Å². The number of thioether (sulfide) groups is 1. The van der Waals surface area contributed by atoms with Crippen molar-refractivity contribution in [3.8, 4) is 0 Å². The second-order valence-corrected chi connectivity index (χ2v) is 4.95. The van der Waals surface area contributed by atoms with Crippen molar-refractivity contribution in [1.82, 2.24) is 0 Å². The van der Waals surface area contributed by atoms with Crippen LogP contribution >= 0.6 is 11.8 Å². The molecule has 84 valence electrons. The molecule has 1 rings (SSSR count). The molecule has 1 aromatic rings. The van der Waals surface area contributed by atoms with Crippen molar-refractivity contribution in [2.75, 3.05) is 5.75 Å². The van der Waals surface area contributed by atoms with Crippen LogP contribution in [0.4, 0.5) is 0 Å². The molecule has 0 aliphatic rings. The van der Waals surface area contributed by atoms with E-state index in [9.17, 15) is 0 Å². The monoisotopic (exact) mass is 223 g/mol. The van der Waals surface area contributed by atoms with Crippen LogP contribution in [0.5, 0.6) is 0 Å². The first kappa shape index (κ1) is 12.6. The van der Waals surface area contributed by atoms with E-state index in [1.165, 1.54) is 29.1 Å². The van der Waals surface area contributed by atoms with E-state index in [1.807, 2.05) is 11.8 Å². The number of benzene rings is 1. The molecule has 0 heterocycles. The highest BCUT2D eigenvalue weighted by atomic mass is 32.2. The largest absolute Gasteiger partial charge is 0.324 e. The Bertz CT molecular complexity index is 268. The molecule has 2 N–H and O–H groups in total. The SMILES string of the molecule is CCCCSc1ccc([C@H](N)CC)cc1. The van der Waals surface area contributed by atoms with Gasteiger partial charge >= 0.3 is 0 Å². The zero-order chi connectivity index (χ0) is 11.1. The maximum absolute atomic E-state index is 5.96. The molecule has 0 fully saturated rings. The first-order chi connectivity index (χ1) is 7.27. The van der Waals surface area contributed by atoms with Crippen LogP contribution in [-0.2, 0) is 0 Å². The van der Waals surface area contributed by atoms with Crippen LogP contribution in [0.15, 0.2) is 29.2 Å². The van der Waals surface area contributed by atoms with Crippen molar-refractivity contribution in [3.63, 3.8) is 0 Å². The van der Waals surface area contributed by atoms with Crippen LogP contribution in [0.2, 0.25) is 0 Å². The number of rotatable bonds is 6. The third-order valence-corrected chi connectivity index (χ3v) is 3.61. The zero-order valence-electron chi connectivity index (χ0n) is 9.70. The van der Waals surface area contributed by atoms with Gasteiger partial charge in [-0.2, -0.15) is 0 Å². The van der Waals surface area contributed by atoms with Crippen LogP contribution in [0.3, 0.4) is 0 Å². The van der Waals surface area contributed by atoms with Crippen LogP contribution in [0.25, 0.3) is 0 Å². The van der Waals surface area contributed by atoms with E-state index in [2.05, 4.69) is 38.1 Å². The predicted molar refractivity (Wildman–Crippen MR) is 69.3 cm³/mol. The smallest absolute Gasteiger partial charge is 0.0292 e. The van der Waals surface area contributed by atoms with Crippen LogP contribution < -0.4 is 5.73 Å². The Labute approximate surface area is 97.4 Å². The molecule has 0 aliphatic carbocycles. The average molecular weight is 223 g/mol. The molecular formula is C13H21NS. The van der Waals surface area contributed by atoms with Crippen molar-refractivity contribution in [2.45, 2.75) is 44.0 Å². The second kappa shape index (κ2) is 6.91. The van der Waals surface area contributed by atoms with Gasteiger partial charge in [0.25, 0.3) is 0 Å². The summed E-state index contributed by atoms with van der Waals surface area (Å²) >= 11 is 1.93. The molecule has 0 spiro atoms. The van der Waals surface area contributed by atoms with E-state index >= 15 is 0 Å². The topological polar surface area (TPSA) is 26.0 Å². The first-order valence-corrected chi connectivity index (χ1v) is 6.74. The Morgan fingerprint density at radius 2 is 1.87 bits per heavy atom. The number of hydrogen-bond donors (Lipinski definition) is 1. The fraction of sp³-hybridized carbons (Fsp3) is 0.538. The highest BCUT2D eigenvalue weighted by Crippen LogP contribution is 2.22. The second-order valence-electron chi connectivity index (χ2n) is 3.79. The average Bonchev–Trinajstić information content (AvgIpc) is 2.29. The summed E-state index contributed by atoms with van der Waals surface area (Å²) in [5.41, 5.74) is 7.21. The van der Waals surface area contributed by atoms with E-state index < -0.39 is 0 Å². The van der Waals surface area contributed by atoms with Crippen LogP contribution in [-0.4, -0.2) is 5.75 Å². The fourth-order valence-electron chi connectivity index (χ4n) is 1.38. The van der Waals surface area contributed by atoms with Crippen molar-refractivity contribution in [2.24, 2.45) is 5.73 Å². The maximum Gasteiger partial charge on any atom is 0.0292 e. The van der Waals surface area contributed by atoms with Gasteiger partial charge in [-0.3, -0.25) is 0 Å². The highest BCUT2D eigenvalue weighted by molar-refractivity contribution is 7.99. The Kier molecular flexibility index (Phi) is 5.81. The molecule has 1 nitrogen and oxygen atoms in total. The quantitative estimate of drug-likeness (QED) is 0.583. The summed E-state index contributed by atoms with van der Waals surface area (Å²) in [7, 11) is 0. The summed E-state index contributed by atoms with van der Waals surface area (Å²) in [5, 5.41) is 0. The van der Waals surface area contributed by atoms with Gasteiger partial charge in [-0.25, -0.2) is 0 Å². The zero-order valence-corrected chi connectivity index (χ0v) is 10.5. The van der Waals surface area contributed by atoms with Gasteiger partial charge in [-0.05, 0) is 36.3 Å². The van der Waals surface area contributed by atoms with Gasteiger partial charge in [0.1, 0.15) is 0 Å². The van der Waals surface area contributed by atoms with Gasteiger partial charge in [0.05, 0.1) is 0 Å². The molecule has 2 heteroatoms. The van der Waals surface area contributed by atoms with E-state index in [-0.39, 0.29) is 6.04 Å². The van der Waals surface area contributed by atoms with Gasteiger partial charge in [-0.1, -0.05) is 32.4 Å². The normalized spacial score (nSPS) is 12.7. The lowest BCUT2D eigenvalue weighted by Crippen LogP contribution is -2.07. The molecule has 15 heavy (non-hydrogen) atoms. The molecular weight excluding hydrogens is 202 g/mol. The summed E-state index contributed by atoms with van der Waals surface area (Å²) in [6.45, 7) is 4.35. The lowest BCUT2D eigenvalue weighted by Gasteiger charge is -2.09. The number of unbranched alkanes of at least 4 members (excludes halogenated alkanes) is 1.